The van der Waals surface area contributed by atoms with Gasteiger partial charge in [-0.25, -0.2) is 9.97 Å². The van der Waals surface area contributed by atoms with E-state index in [0.29, 0.717) is 0 Å². The zero-order valence-electron chi connectivity index (χ0n) is 30.5. The van der Waals surface area contributed by atoms with Crippen LogP contribution in [0.25, 0.3) is 22.1 Å². The predicted molar refractivity (Wildman–Crippen MR) is 202 cm³/mol. The van der Waals surface area contributed by atoms with Gasteiger partial charge in [0.15, 0.2) is 0 Å². The Balaban J connectivity index is 1.88. The quantitative estimate of drug-likeness (QED) is 0.0683. The maximum absolute atomic E-state index is 7.32. The third kappa shape index (κ3) is 12.2. The molecule has 3 rings (SSSR count). The lowest BCUT2D eigenvalue weighted by molar-refractivity contribution is 0.344. The van der Waals surface area contributed by atoms with Crippen molar-refractivity contribution >= 4 is 22.1 Å². The Hall–Kier alpha value is -2.04. The Labute approximate surface area is 283 Å². The molecule has 0 aliphatic heterocycles. The van der Waals surface area contributed by atoms with Gasteiger partial charge in [-0.15, -0.1) is 0 Å². The van der Waals surface area contributed by atoms with Gasteiger partial charge in [-0.05, 0) is 61.1 Å². The van der Waals surface area contributed by atoms with E-state index in [4.69, 9.17) is 21.4 Å². The van der Waals surface area contributed by atoms with Gasteiger partial charge >= 0.3 is 0 Å². The maximum atomic E-state index is 7.32. The second kappa shape index (κ2) is 21.0. The molecule has 1 aromatic heterocycles. The number of fused-ring (bicyclic) bond motifs is 2. The van der Waals surface area contributed by atoms with Crippen molar-refractivity contribution in [3.63, 3.8) is 0 Å². The van der Waals surface area contributed by atoms with Gasteiger partial charge in [0.25, 0.3) is 0 Å². The van der Waals surface area contributed by atoms with Crippen molar-refractivity contribution in [2.75, 3.05) is 0 Å². The number of unbranched alkanes of at least 4 members (excludes halogenated alkanes) is 16. The van der Waals surface area contributed by atoms with Gasteiger partial charge in [-0.2, -0.15) is 0 Å². The Bertz CT molecular complexity index is 1130. The van der Waals surface area contributed by atoms with Gasteiger partial charge in [0, 0.05) is 11.1 Å². The minimum Gasteiger partial charge on any atom is -0.321 e. The number of benzene rings is 2. The lowest BCUT2D eigenvalue weighted by Gasteiger charge is -2.31. The lowest BCUT2D eigenvalue weighted by Crippen LogP contribution is -2.37. The van der Waals surface area contributed by atoms with E-state index in [0.717, 1.165) is 47.8 Å². The van der Waals surface area contributed by atoms with Crippen molar-refractivity contribution in [2.45, 2.75) is 193 Å². The van der Waals surface area contributed by atoms with Crippen LogP contribution in [0.4, 0.5) is 0 Å². The third-order valence-electron chi connectivity index (χ3n) is 10.5. The number of hydrogen-bond donors (Lipinski definition) is 2. The van der Waals surface area contributed by atoms with Crippen LogP contribution in [0, 0.1) is 0 Å². The summed E-state index contributed by atoms with van der Waals surface area (Å²) in [5.41, 5.74) is 20.3. The summed E-state index contributed by atoms with van der Waals surface area (Å²) >= 11 is 0. The first kappa shape index (κ1) is 38.4. The van der Waals surface area contributed by atoms with Crippen LogP contribution in [0.5, 0.6) is 0 Å². The second-order valence-electron chi connectivity index (χ2n) is 14.6. The molecule has 0 aliphatic rings. The highest BCUT2D eigenvalue weighted by Crippen LogP contribution is 2.35. The molecule has 46 heavy (non-hydrogen) atoms. The van der Waals surface area contributed by atoms with E-state index < -0.39 is 0 Å². The summed E-state index contributed by atoms with van der Waals surface area (Å²) in [7, 11) is 0. The molecule has 0 aliphatic carbocycles. The molecule has 2 aromatic carbocycles. The molecule has 0 saturated heterocycles. The number of nitrogens with zero attached hydrogens (tertiary/aromatic N) is 2. The van der Waals surface area contributed by atoms with Gasteiger partial charge in [0.05, 0.1) is 22.1 Å². The monoisotopic (exact) mass is 631 g/mol. The van der Waals surface area contributed by atoms with Gasteiger partial charge in [0.2, 0.25) is 0 Å². The van der Waals surface area contributed by atoms with Gasteiger partial charge in [0.1, 0.15) is 0 Å². The number of rotatable bonds is 26. The van der Waals surface area contributed by atoms with E-state index in [2.05, 4.69) is 64.1 Å². The summed E-state index contributed by atoms with van der Waals surface area (Å²) in [6, 6.07) is 13.3. The highest BCUT2D eigenvalue weighted by molar-refractivity contribution is 5.87. The van der Waals surface area contributed by atoms with Gasteiger partial charge in [-0.1, -0.05) is 168 Å². The van der Waals surface area contributed by atoms with Crippen LogP contribution in [-0.2, 0) is 11.1 Å². The molecule has 4 N–H and O–H groups in total. The van der Waals surface area contributed by atoms with Crippen LogP contribution in [-0.4, -0.2) is 9.97 Å². The van der Waals surface area contributed by atoms with Crippen LogP contribution in [0.2, 0.25) is 0 Å². The number of hydrogen-bond acceptors (Lipinski definition) is 4. The van der Waals surface area contributed by atoms with E-state index in [1.165, 1.54) is 140 Å². The summed E-state index contributed by atoms with van der Waals surface area (Å²) in [5.74, 6) is 0. The molecular weight excluding hydrogens is 560 g/mol. The number of aromatic nitrogens is 2. The molecule has 4 heteroatoms. The van der Waals surface area contributed by atoms with Crippen LogP contribution in [0.15, 0.2) is 36.4 Å². The maximum Gasteiger partial charge on any atom is 0.0898 e. The van der Waals surface area contributed by atoms with Gasteiger partial charge in [-0.3, -0.25) is 0 Å². The zero-order valence-corrected chi connectivity index (χ0v) is 30.5. The van der Waals surface area contributed by atoms with Gasteiger partial charge < -0.3 is 11.5 Å². The highest BCUT2D eigenvalue weighted by Gasteiger charge is 2.28. The normalized spacial score (nSPS) is 12.5. The van der Waals surface area contributed by atoms with E-state index in [-0.39, 0.29) is 11.1 Å². The molecule has 0 atom stereocenters. The number of nitrogens with two attached hydrogens (primary N) is 2. The van der Waals surface area contributed by atoms with Crippen molar-refractivity contribution < 1.29 is 0 Å². The molecule has 3 aromatic rings. The van der Waals surface area contributed by atoms with Crippen LogP contribution in [0.1, 0.15) is 193 Å². The fraction of sp³-hybridized carbons (Fsp3) is 0.714. The molecule has 0 radical (unpaired) electrons. The molecular formula is C42H70N4. The fourth-order valence-electron chi connectivity index (χ4n) is 7.30. The first-order valence-corrected chi connectivity index (χ1v) is 19.7. The first-order valence-electron chi connectivity index (χ1n) is 19.7. The summed E-state index contributed by atoms with van der Waals surface area (Å²) in [6.07, 6.45) is 29.5. The van der Waals surface area contributed by atoms with Crippen molar-refractivity contribution in [3.8, 4) is 0 Å². The summed E-state index contributed by atoms with van der Waals surface area (Å²) in [5, 5.41) is 0. The molecule has 0 unspecified atom stereocenters. The zero-order chi connectivity index (χ0) is 33.1. The Kier molecular flexibility index (Phi) is 17.6. The summed E-state index contributed by atoms with van der Waals surface area (Å²) < 4.78 is 0. The van der Waals surface area contributed by atoms with E-state index in [1.807, 2.05) is 0 Å². The molecule has 0 spiro atoms. The van der Waals surface area contributed by atoms with Crippen molar-refractivity contribution in [1.82, 2.24) is 9.97 Å². The third-order valence-corrected chi connectivity index (χ3v) is 10.5. The van der Waals surface area contributed by atoms with Crippen LogP contribution in [0.3, 0.4) is 0 Å². The highest BCUT2D eigenvalue weighted by atomic mass is 14.8. The average molecular weight is 631 g/mol. The average Bonchev–Trinajstić information content (AvgIpc) is 3.06. The SMILES string of the molecule is CCCCCCCC(N)(CCCCCCC)c1ccc2nc3ccc(C(N)(CCCCCCC)CCCCCCC)cc3nc2c1. The van der Waals surface area contributed by atoms with E-state index in [9.17, 15) is 0 Å². The first-order chi connectivity index (χ1) is 22.4. The molecule has 0 bridgehead atoms. The smallest absolute Gasteiger partial charge is 0.0898 e. The van der Waals surface area contributed by atoms with Crippen molar-refractivity contribution in [3.05, 3.63) is 47.5 Å². The summed E-state index contributed by atoms with van der Waals surface area (Å²) in [6.45, 7) is 9.12. The van der Waals surface area contributed by atoms with E-state index in [1.54, 1.807) is 0 Å². The van der Waals surface area contributed by atoms with Crippen LogP contribution < -0.4 is 11.5 Å². The topological polar surface area (TPSA) is 77.8 Å². The fourth-order valence-corrected chi connectivity index (χ4v) is 7.30. The van der Waals surface area contributed by atoms with Crippen molar-refractivity contribution in [2.24, 2.45) is 11.5 Å². The summed E-state index contributed by atoms with van der Waals surface area (Å²) in [4.78, 5) is 10.3. The molecule has 1 heterocycles. The minimum absolute atomic E-state index is 0.312. The Morgan fingerprint density at radius 3 is 0.978 bits per heavy atom. The standard InChI is InChI=1S/C42H70N4/c1-5-9-13-17-21-29-41(43,30-22-18-14-10-6-2)35-25-27-37-39(33-35)46-40-34-36(26-28-38(40)45-37)42(44,31-23-19-15-11-7-3)32-24-20-16-12-8-4/h25-28,33-34H,5-24,29-32,43-44H2,1-4H3. The predicted octanol–water partition coefficient (Wildman–Crippen LogP) is 12.5. The van der Waals surface area contributed by atoms with Crippen LogP contribution >= 0.6 is 0 Å². The second-order valence-corrected chi connectivity index (χ2v) is 14.6. The molecule has 0 amide bonds. The Morgan fingerprint density at radius 2 is 0.674 bits per heavy atom. The Morgan fingerprint density at radius 1 is 0.391 bits per heavy atom. The van der Waals surface area contributed by atoms with Crippen molar-refractivity contribution in [1.29, 1.82) is 0 Å². The molecule has 258 valence electrons. The largest absolute Gasteiger partial charge is 0.321 e. The van der Waals surface area contributed by atoms with E-state index >= 15 is 0 Å². The lowest BCUT2D eigenvalue weighted by atomic mass is 9.80. The minimum atomic E-state index is -0.312. The molecule has 0 fully saturated rings. The molecule has 4 nitrogen and oxygen atoms in total. The molecule has 0 saturated carbocycles.